The predicted molar refractivity (Wildman–Crippen MR) is 130 cm³/mol. The Hall–Kier alpha value is -3.65. The van der Waals surface area contributed by atoms with E-state index in [1.54, 1.807) is 55.6 Å². The number of hydrogen-bond acceptors (Lipinski definition) is 6. The highest BCUT2D eigenvalue weighted by Crippen LogP contribution is 2.34. The van der Waals surface area contributed by atoms with Crippen molar-refractivity contribution < 1.29 is 14.6 Å². The first-order valence-corrected chi connectivity index (χ1v) is 11.0. The van der Waals surface area contributed by atoms with E-state index < -0.39 is 6.29 Å². The van der Waals surface area contributed by atoms with Gasteiger partial charge >= 0.3 is 0 Å². The quantitative estimate of drug-likeness (QED) is 0.348. The zero-order valence-electron chi connectivity index (χ0n) is 18.1. The molecule has 0 saturated carbocycles. The first kappa shape index (κ1) is 22.2. The van der Waals surface area contributed by atoms with Crippen LogP contribution in [0.4, 0.5) is 16.0 Å². The highest BCUT2D eigenvalue weighted by Gasteiger charge is 2.23. The summed E-state index contributed by atoms with van der Waals surface area (Å²) in [5, 5.41) is 22.8. The van der Waals surface area contributed by atoms with Crippen LogP contribution in [0.5, 0.6) is 0 Å². The minimum Gasteiger partial charge on any atom is -0.364 e. The number of fused-ring (bicyclic) bond motifs is 3. The summed E-state index contributed by atoms with van der Waals surface area (Å²) in [6.45, 7) is 2.07. The number of aliphatic hydroxyl groups excluding tert-OH is 1. The smallest absolute Gasteiger partial charge is 0.227 e. The molecule has 6 nitrogen and oxygen atoms in total. The minimum absolute atomic E-state index is 0.275. The predicted octanol–water partition coefficient (Wildman–Crippen LogP) is 5.32. The normalized spacial score (nSPS) is 12.6. The van der Waals surface area contributed by atoms with Crippen LogP contribution in [0.15, 0.2) is 71.9 Å². The third-order valence-corrected chi connectivity index (χ3v) is 5.94. The third-order valence-electron chi connectivity index (χ3n) is 5.71. The summed E-state index contributed by atoms with van der Waals surface area (Å²) in [7, 11) is 0. The summed E-state index contributed by atoms with van der Waals surface area (Å²) in [4.78, 5) is 13.8. The molecule has 0 radical (unpaired) electrons. The number of hydrogen-bond donors (Lipinski definition) is 3. The van der Waals surface area contributed by atoms with Gasteiger partial charge in [0.05, 0.1) is 18.0 Å². The first-order chi connectivity index (χ1) is 16.4. The standard InChI is InChI=1S/C26H20ClFN4O2/c1-14-6-8-17(11-20(14)25(33)34)31-26-30-13-15-12-29-24(19-4-2-3-5-22(19)28)21-10-16(27)7-9-18(21)23(15)32-26/h2-11,13,25,33-34H,12H2,1H3,(H,30,31,32). The minimum atomic E-state index is -1.58. The maximum Gasteiger partial charge on any atom is 0.227 e. The Morgan fingerprint density at radius 3 is 2.62 bits per heavy atom. The van der Waals surface area contributed by atoms with Gasteiger partial charge in [-0.25, -0.2) is 14.4 Å². The molecule has 1 aliphatic heterocycles. The van der Waals surface area contributed by atoms with Crippen LogP contribution in [-0.2, 0) is 6.54 Å². The van der Waals surface area contributed by atoms with E-state index in [0.717, 1.165) is 16.7 Å². The lowest BCUT2D eigenvalue weighted by Gasteiger charge is -2.14. The second-order valence-corrected chi connectivity index (χ2v) is 8.41. The Balaban J connectivity index is 1.59. The van der Waals surface area contributed by atoms with Gasteiger partial charge in [0.1, 0.15) is 5.82 Å². The van der Waals surface area contributed by atoms with Crippen molar-refractivity contribution in [1.82, 2.24) is 9.97 Å². The highest BCUT2D eigenvalue weighted by atomic mass is 35.5. The van der Waals surface area contributed by atoms with Crippen LogP contribution in [0.3, 0.4) is 0 Å². The topological polar surface area (TPSA) is 90.6 Å². The molecule has 0 fully saturated rings. The molecule has 0 saturated heterocycles. The van der Waals surface area contributed by atoms with Gasteiger partial charge in [0.15, 0.2) is 6.29 Å². The number of halogens is 2. The summed E-state index contributed by atoms with van der Waals surface area (Å²) in [6, 6.07) is 17.1. The van der Waals surface area contributed by atoms with Gasteiger partial charge in [0.2, 0.25) is 5.95 Å². The van der Waals surface area contributed by atoms with Crippen LogP contribution >= 0.6 is 11.6 Å². The van der Waals surface area contributed by atoms with E-state index in [0.29, 0.717) is 44.8 Å². The zero-order valence-corrected chi connectivity index (χ0v) is 18.9. The Bertz CT molecular complexity index is 1440. The molecule has 0 bridgehead atoms. The van der Waals surface area contributed by atoms with Gasteiger partial charge in [-0.15, -0.1) is 0 Å². The van der Waals surface area contributed by atoms with Crippen LogP contribution < -0.4 is 5.32 Å². The number of aliphatic imine (C=N–C) groups is 1. The van der Waals surface area contributed by atoms with Crippen LogP contribution in [-0.4, -0.2) is 25.9 Å². The molecule has 0 atom stereocenters. The van der Waals surface area contributed by atoms with Crippen molar-refractivity contribution >= 4 is 28.9 Å². The number of aromatic nitrogens is 2. The molecule has 0 unspecified atom stereocenters. The number of anilines is 2. The molecule has 4 aromatic rings. The Morgan fingerprint density at radius 2 is 1.82 bits per heavy atom. The van der Waals surface area contributed by atoms with Crippen molar-refractivity contribution in [3.63, 3.8) is 0 Å². The Morgan fingerprint density at radius 1 is 1.00 bits per heavy atom. The van der Waals surface area contributed by atoms with Gasteiger partial charge in [-0.05, 0) is 48.9 Å². The number of nitrogens with zero attached hydrogens (tertiary/aromatic N) is 3. The van der Waals surface area contributed by atoms with Crippen molar-refractivity contribution in [2.45, 2.75) is 19.8 Å². The number of aliphatic hydroxyl groups is 2. The molecule has 0 amide bonds. The van der Waals surface area contributed by atoms with Crippen LogP contribution in [0, 0.1) is 12.7 Å². The van der Waals surface area contributed by atoms with E-state index in [-0.39, 0.29) is 12.4 Å². The molecule has 1 aromatic heterocycles. The van der Waals surface area contributed by atoms with Crippen LogP contribution in [0.25, 0.3) is 11.3 Å². The van der Waals surface area contributed by atoms with Crippen molar-refractivity contribution in [3.8, 4) is 11.3 Å². The third kappa shape index (κ3) is 4.17. The second-order valence-electron chi connectivity index (χ2n) is 7.97. The number of rotatable bonds is 4. The molecule has 0 spiro atoms. The largest absolute Gasteiger partial charge is 0.364 e. The summed E-state index contributed by atoms with van der Waals surface area (Å²) < 4.78 is 14.7. The van der Waals surface area contributed by atoms with Crippen molar-refractivity contribution in [3.05, 3.63) is 106 Å². The van der Waals surface area contributed by atoms with Gasteiger partial charge in [0, 0.05) is 44.7 Å². The summed E-state index contributed by atoms with van der Waals surface area (Å²) in [5.41, 5.74) is 5.55. The Kier molecular flexibility index (Phi) is 5.83. The molecular formula is C26H20ClFN4O2. The lowest BCUT2D eigenvalue weighted by molar-refractivity contribution is -0.0428. The van der Waals surface area contributed by atoms with E-state index in [2.05, 4.69) is 10.3 Å². The molecule has 3 aromatic carbocycles. The molecule has 170 valence electrons. The van der Waals surface area contributed by atoms with Gasteiger partial charge in [-0.3, -0.25) is 4.99 Å². The van der Waals surface area contributed by atoms with Gasteiger partial charge in [0.25, 0.3) is 0 Å². The highest BCUT2D eigenvalue weighted by molar-refractivity contribution is 6.31. The maximum atomic E-state index is 14.7. The van der Waals surface area contributed by atoms with Crippen molar-refractivity contribution in [1.29, 1.82) is 0 Å². The van der Waals surface area contributed by atoms with E-state index in [9.17, 15) is 14.6 Å². The molecule has 2 heterocycles. The van der Waals surface area contributed by atoms with Gasteiger partial charge < -0.3 is 15.5 Å². The molecular weight excluding hydrogens is 455 g/mol. The maximum absolute atomic E-state index is 14.7. The molecule has 0 aliphatic carbocycles. The second kappa shape index (κ2) is 8.95. The fourth-order valence-corrected chi connectivity index (χ4v) is 4.17. The van der Waals surface area contributed by atoms with Gasteiger partial charge in [-0.2, -0.15) is 0 Å². The number of aryl methyl sites for hydroxylation is 1. The van der Waals surface area contributed by atoms with E-state index >= 15 is 0 Å². The van der Waals surface area contributed by atoms with Gasteiger partial charge in [-0.1, -0.05) is 35.9 Å². The SMILES string of the molecule is Cc1ccc(Nc2ncc3c(n2)-c2ccc(Cl)cc2C(c2ccccc2F)=NC3)cc1C(O)O. The van der Waals surface area contributed by atoms with Crippen LogP contribution in [0.2, 0.25) is 5.02 Å². The first-order valence-electron chi connectivity index (χ1n) is 10.6. The summed E-state index contributed by atoms with van der Waals surface area (Å²) in [5.74, 6) is -0.0379. The fourth-order valence-electron chi connectivity index (χ4n) is 3.99. The average Bonchev–Trinajstić information content (AvgIpc) is 2.97. The molecule has 34 heavy (non-hydrogen) atoms. The summed E-state index contributed by atoms with van der Waals surface area (Å²) in [6.07, 6.45) is 0.104. The number of benzene rings is 3. The average molecular weight is 475 g/mol. The lowest BCUT2D eigenvalue weighted by Crippen LogP contribution is -2.07. The monoisotopic (exact) mass is 474 g/mol. The van der Waals surface area contributed by atoms with E-state index in [1.807, 2.05) is 12.1 Å². The fraction of sp³-hybridized carbons (Fsp3) is 0.115. The summed E-state index contributed by atoms with van der Waals surface area (Å²) >= 11 is 6.31. The molecule has 3 N–H and O–H groups in total. The van der Waals surface area contributed by atoms with Crippen molar-refractivity contribution in [2.24, 2.45) is 4.99 Å². The van der Waals surface area contributed by atoms with Crippen molar-refractivity contribution in [2.75, 3.05) is 5.32 Å². The van der Waals surface area contributed by atoms with Crippen LogP contribution in [0.1, 0.15) is 34.1 Å². The molecule has 8 heteroatoms. The van der Waals surface area contributed by atoms with E-state index in [4.69, 9.17) is 21.6 Å². The molecule has 1 aliphatic rings. The number of nitrogens with one attached hydrogen (secondary N) is 1. The molecule has 5 rings (SSSR count). The Labute approximate surface area is 200 Å². The lowest BCUT2D eigenvalue weighted by atomic mass is 9.95. The zero-order chi connectivity index (χ0) is 23.8. The van der Waals surface area contributed by atoms with E-state index in [1.165, 1.54) is 6.07 Å².